The van der Waals surface area contributed by atoms with E-state index in [1.807, 2.05) is 48.5 Å². The first kappa shape index (κ1) is 38.3. The third kappa shape index (κ3) is 17.6. The first-order valence-corrected chi connectivity index (χ1v) is 14.3. The molecule has 0 bridgehead atoms. The van der Waals surface area contributed by atoms with E-state index in [0.717, 1.165) is 12.8 Å². The van der Waals surface area contributed by atoms with E-state index in [4.69, 9.17) is 24.4 Å². The number of aliphatic hydroxyl groups is 4. The van der Waals surface area contributed by atoms with Crippen molar-refractivity contribution >= 4 is 5.78 Å². The van der Waals surface area contributed by atoms with Gasteiger partial charge in [-0.15, -0.1) is 0 Å². The SMILES string of the molecule is CCC(C)(CC)C(=O)C(CCCCNC(O)CCOC(C)(C)COC(C)(C)COC)NC(O)CNCC(O)O. The van der Waals surface area contributed by atoms with Gasteiger partial charge in [-0.1, -0.05) is 27.2 Å². The number of nitrogens with one attached hydrogen (secondary N) is 3. The molecular weight excluding hydrogens is 506 g/mol. The highest BCUT2D eigenvalue weighted by Gasteiger charge is 2.35. The summed E-state index contributed by atoms with van der Waals surface area (Å²) in [5.74, 6) is 0.0658. The van der Waals surface area contributed by atoms with E-state index >= 15 is 0 Å². The fourth-order valence-corrected chi connectivity index (χ4v) is 4.04. The molecule has 11 nitrogen and oxygen atoms in total. The minimum absolute atomic E-state index is 0.0658. The number of rotatable bonds is 25. The summed E-state index contributed by atoms with van der Waals surface area (Å²) in [5, 5.41) is 47.4. The number of unbranched alkanes of at least 4 members (excludes halogenated alkanes) is 1. The lowest BCUT2D eigenvalue weighted by atomic mass is 9.76. The maximum Gasteiger partial charge on any atom is 0.164 e. The molecule has 0 saturated heterocycles. The number of carbonyl (C=O) groups excluding carboxylic acids is 1. The third-order valence-electron chi connectivity index (χ3n) is 7.02. The number of ether oxygens (including phenoxy) is 3. The van der Waals surface area contributed by atoms with Crippen molar-refractivity contribution in [3.8, 4) is 0 Å². The van der Waals surface area contributed by atoms with Crippen LogP contribution in [0.2, 0.25) is 0 Å². The fraction of sp³-hybridized carbons (Fsp3) is 0.964. The van der Waals surface area contributed by atoms with E-state index in [1.165, 1.54) is 0 Å². The predicted molar refractivity (Wildman–Crippen MR) is 152 cm³/mol. The first-order chi connectivity index (χ1) is 18.1. The normalized spacial score (nSPS) is 15.5. The Balaban J connectivity index is 4.54. The van der Waals surface area contributed by atoms with E-state index in [1.54, 1.807) is 7.11 Å². The average molecular weight is 566 g/mol. The highest BCUT2D eigenvalue weighted by molar-refractivity contribution is 5.89. The minimum atomic E-state index is -1.51. The molecule has 3 unspecified atom stereocenters. The molecule has 0 radical (unpaired) electrons. The van der Waals surface area contributed by atoms with Crippen molar-refractivity contribution in [2.75, 3.05) is 46.6 Å². The Morgan fingerprint density at radius 1 is 0.821 bits per heavy atom. The van der Waals surface area contributed by atoms with E-state index in [9.17, 15) is 15.0 Å². The Labute approximate surface area is 236 Å². The number of Topliss-reactive ketones (excluding diaryl/α,β-unsaturated/α-hetero) is 1. The lowest BCUT2D eigenvalue weighted by molar-refractivity contribution is -0.138. The van der Waals surface area contributed by atoms with Crippen LogP contribution in [-0.4, -0.2) is 109 Å². The Morgan fingerprint density at radius 2 is 1.44 bits per heavy atom. The molecule has 0 heterocycles. The van der Waals surface area contributed by atoms with Crippen LogP contribution in [0.1, 0.15) is 87.0 Å². The van der Waals surface area contributed by atoms with Crippen LogP contribution in [0.25, 0.3) is 0 Å². The van der Waals surface area contributed by atoms with Gasteiger partial charge in [0.1, 0.15) is 12.5 Å². The Hall–Kier alpha value is -0.730. The van der Waals surface area contributed by atoms with Gasteiger partial charge < -0.3 is 40.0 Å². The summed E-state index contributed by atoms with van der Waals surface area (Å²) in [6.45, 7) is 15.6. The van der Waals surface area contributed by atoms with Crippen molar-refractivity contribution in [3.63, 3.8) is 0 Å². The second-order valence-electron chi connectivity index (χ2n) is 11.8. The monoisotopic (exact) mass is 565 g/mol. The van der Waals surface area contributed by atoms with Gasteiger partial charge in [0.05, 0.1) is 37.1 Å². The number of aliphatic hydroxyl groups excluding tert-OH is 3. The molecule has 0 aliphatic carbocycles. The van der Waals surface area contributed by atoms with Crippen molar-refractivity contribution in [1.29, 1.82) is 0 Å². The van der Waals surface area contributed by atoms with Gasteiger partial charge in [-0.05, 0) is 59.9 Å². The summed E-state index contributed by atoms with van der Waals surface area (Å²) < 4.78 is 17.0. The molecule has 3 atom stereocenters. The standard InChI is InChI=1S/C28H59N3O8/c1-9-28(7,10-2)25(36)21(31-23(33)17-29-18-24(34)35)13-11-12-15-30-22(32)14-16-38-27(5,6)20-39-26(3,4)19-37-8/h21-24,29-35H,9-20H2,1-8H3. The minimum Gasteiger partial charge on any atom is -0.382 e. The van der Waals surface area contributed by atoms with Gasteiger partial charge >= 0.3 is 0 Å². The zero-order valence-corrected chi connectivity index (χ0v) is 25.7. The zero-order chi connectivity index (χ0) is 30.1. The lowest BCUT2D eigenvalue weighted by Gasteiger charge is -2.32. The van der Waals surface area contributed by atoms with Crippen molar-refractivity contribution in [2.45, 2.75) is 123 Å². The summed E-state index contributed by atoms with van der Waals surface area (Å²) >= 11 is 0. The van der Waals surface area contributed by atoms with Gasteiger partial charge in [0.15, 0.2) is 12.1 Å². The van der Waals surface area contributed by atoms with Crippen LogP contribution in [0.15, 0.2) is 0 Å². The zero-order valence-electron chi connectivity index (χ0n) is 25.7. The van der Waals surface area contributed by atoms with E-state index in [0.29, 0.717) is 52.0 Å². The van der Waals surface area contributed by atoms with Gasteiger partial charge in [-0.25, -0.2) is 0 Å². The van der Waals surface area contributed by atoms with Gasteiger partial charge in [0, 0.05) is 32.0 Å². The molecule has 0 amide bonds. The van der Waals surface area contributed by atoms with Crippen LogP contribution >= 0.6 is 0 Å². The Morgan fingerprint density at radius 3 is 2.00 bits per heavy atom. The molecule has 0 aromatic carbocycles. The molecule has 0 saturated carbocycles. The van der Waals surface area contributed by atoms with Crippen LogP contribution in [0.4, 0.5) is 0 Å². The Kier molecular flexibility index (Phi) is 19.0. The van der Waals surface area contributed by atoms with Gasteiger partial charge in [0.25, 0.3) is 0 Å². The predicted octanol–water partition coefficient (Wildman–Crippen LogP) is 1.26. The molecule has 0 aromatic rings. The molecule has 0 aliphatic heterocycles. The molecule has 0 spiro atoms. The summed E-state index contributed by atoms with van der Waals surface area (Å²) in [6, 6.07) is -0.526. The van der Waals surface area contributed by atoms with Crippen molar-refractivity contribution in [2.24, 2.45) is 5.41 Å². The molecule has 7 N–H and O–H groups in total. The highest BCUT2D eigenvalue weighted by atomic mass is 16.6. The van der Waals surface area contributed by atoms with Crippen molar-refractivity contribution < 1.29 is 39.4 Å². The molecule has 0 aliphatic rings. The lowest BCUT2D eigenvalue weighted by Crippen LogP contribution is -2.51. The number of hydrogen-bond donors (Lipinski definition) is 7. The summed E-state index contributed by atoms with van der Waals surface area (Å²) in [5.41, 5.74) is -1.39. The third-order valence-corrected chi connectivity index (χ3v) is 7.02. The molecule has 0 fully saturated rings. The molecule has 39 heavy (non-hydrogen) atoms. The fourth-order valence-electron chi connectivity index (χ4n) is 4.04. The molecular formula is C28H59N3O8. The van der Waals surface area contributed by atoms with Crippen LogP contribution in [-0.2, 0) is 19.0 Å². The second-order valence-corrected chi connectivity index (χ2v) is 11.8. The van der Waals surface area contributed by atoms with Crippen LogP contribution in [0.5, 0.6) is 0 Å². The largest absolute Gasteiger partial charge is 0.382 e. The maximum atomic E-state index is 13.3. The summed E-state index contributed by atoms with van der Waals surface area (Å²) in [4.78, 5) is 13.3. The maximum absolute atomic E-state index is 13.3. The molecule has 0 aromatic heterocycles. The topological polar surface area (TPSA) is 162 Å². The van der Waals surface area contributed by atoms with Crippen LogP contribution in [0.3, 0.4) is 0 Å². The van der Waals surface area contributed by atoms with Crippen LogP contribution < -0.4 is 16.0 Å². The molecule has 0 rings (SSSR count). The first-order valence-electron chi connectivity index (χ1n) is 14.3. The van der Waals surface area contributed by atoms with E-state index in [2.05, 4.69) is 16.0 Å². The number of ketones is 1. The Bertz CT molecular complexity index is 644. The molecule has 11 heteroatoms. The van der Waals surface area contributed by atoms with Crippen molar-refractivity contribution in [3.05, 3.63) is 0 Å². The number of hydrogen-bond acceptors (Lipinski definition) is 11. The molecule has 234 valence electrons. The smallest absolute Gasteiger partial charge is 0.164 e. The summed E-state index contributed by atoms with van der Waals surface area (Å²) in [6.07, 6.45) is 0.633. The van der Waals surface area contributed by atoms with Crippen molar-refractivity contribution in [1.82, 2.24) is 16.0 Å². The average Bonchev–Trinajstić information content (AvgIpc) is 2.85. The quantitative estimate of drug-likeness (QED) is 0.0630. The summed E-state index contributed by atoms with van der Waals surface area (Å²) in [7, 11) is 1.64. The van der Waals surface area contributed by atoms with Gasteiger partial charge in [-0.2, -0.15) is 0 Å². The van der Waals surface area contributed by atoms with E-state index < -0.39 is 41.4 Å². The van der Waals surface area contributed by atoms with Gasteiger partial charge in [-0.3, -0.25) is 15.4 Å². The highest BCUT2D eigenvalue weighted by Crippen LogP contribution is 2.29. The number of methoxy groups -OCH3 is 1. The van der Waals surface area contributed by atoms with E-state index in [-0.39, 0.29) is 18.9 Å². The van der Waals surface area contributed by atoms with Gasteiger partial charge in [0.2, 0.25) is 0 Å². The van der Waals surface area contributed by atoms with Crippen LogP contribution in [0, 0.1) is 5.41 Å². The number of carbonyl (C=O) groups is 1. The second kappa shape index (κ2) is 19.4.